The van der Waals surface area contributed by atoms with Gasteiger partial charge in [0.25, 0.3) is 0 Å². The highest BCUT2D eigenvalue weighted by Crippen LogP contribution is 2.24. The van der Waals surface area contributed by atoms with Gasteiger partial charge < -0.3 is 14.1 Å². The molecule has 1 amide bonds. The summed E-state index contributed by atoms with van der Waals surface area (Å²) in [7, 11) is -3.58. The molecule has 0 saturated carbocycles. The zero-order chi connectivity index (χ0) is 22.1. The van der Waals surface area contributed by atoms with Crippen LogP contribution in [0.4, 0.5) is 0 Å². The molecule has 0 N–H and O–H groups in total. The molecule has 0 radical (unpaired) electrons. The van der Waals surface area contributed by atoms with Gasteiger partial charge in [0.15, 0.2) is 0 Å². The number of nitrogens with zero attached hydrogens (tertiary/aromatic N) is 4. The van der Waals surface area contributed by atoms with E-state index in [1.807, 2.05) is 18.2 Å². The van der Waals surface area contributed by atoms with Crippen molar-refractivity contribution >= 4 is 15.9 Å². The van der Waals surface area contributed by atoms with Crippen LogP contribution in [-0.2, 0) is 27.7 Å². The molecule has 5 rings (SSSR count). The van der Waals surface area contributed by atoms with Gasteiger partial charge in [-0.15, -0.1) is 10.2 Å². The van der Waals surface area contributed by atoms with Gasteiger partial charge in [0.05, 0.1) is 18.1 Å². The van der Waals surface area contributed by atoms with E-state index < -0.39 is 10.0 Å². The largest absolute Gasteiger partial charge is 0.412 e. The Labute approximate surface area is 185 Å². The maximum Gasteiger partial charge on any atom is 0.311 e. The first-order valence-corrected chi connectivity index (χ1v) is 11.8. The van der Waals surface area contributed by atoms with Gasteiger partial charge in [-0.3, -0.25) is 4.79 Å². The third kappa shape index (κ3) is 3.92. The molecule has 0 bridgehead atoms. The monoisotopic (exact) mass is 454 g/mol. The number of carbonyl (C=O) groups excluding carboxylic acids is 1. The number of amides is 1. The molecule has 1 fully saturated rings. The molecule has 2 aliphatic rings. The normalized spacial score (nSPS) is 17.2. The van der Waals surface area contributed by atoms with Gasteiger partial charge in [-0.2, -0.15) is 4.31 Å². The van der Waals surface area contributed by atoms with E-state index in [1.54, 1.807) is 17.0 Å². The minimum Gasteiger partial charge on any atom is -0.412 e. The van der Waals surface area contributed by atoms with Crippen LogP contribution in [-0.4, -0.2) is 66.6 Å². The Balaban J connectivity index is 1.31. The summed E-state index contributed by atoms with van der Waals surface area (Å²) in [5, 5.41) is 7.91. The van der Waals surface area contributed by atoms with Crippen molar-refractivity contribution in [3.63, 3.8) is 0 Å². The van der Waals surface area contributed by atoms with Gasteiger partial charge in [0.1, 0.15) is 0 Å². The molecule has 2 aliphatic heterocycles. The lowest BCUT2D eigenvalue weighted by Crippen LogP contribution is -2.40. The van der Waals surface area contributed by atoms with E-state index in [-0.39, 0.29) is 22.6 Å². The van der Waals surface area contributed by atoms with E-state index in [2.05, 4.69) is 16.3 Å². The van der Waals surface area contributed by atoms with Crippen LogP contribution < -0.4 is 0 Å². The lowest BCUT2D eigenvalue weighted by molar-refractivity contribution is 0.0695. The Morgan fingerprint density at radius 2 is 1.62 bits per heavy atom. The third-order valence-corrected chi connectivity index (χ3v) is 7.65. The second-order valence-electron chi connectivity index (χ2n) is 7.70. The molecule has 9 nitrogen and oxygen atoms in total. The molecular formula is C22H22N4O5S. The summed E-state index contributed by atoms with van der Waals surface area (Å²) in [5.74, 6) is -0.227. The van der Waals surface area contributed by atoms with Crippen LogP contribution in [0, 0.1) is 0 Å². The Kier molecular flexibility index (Phi) is 5.50. The summed E-state index contributed by atoms with van der Waals surface area (Å²) in [5.41, 5.74) is 2.90. The molecule has 0 spiro atoms. The molecular weight excluding hydrogens is 432 g/mol. The zero-order valence-electron chi connectivity index (χ0n) is 17.3. The Bertz CT molecular complexity index is 1230. The van der Waals surface area contributed by atoms with Crippen LogP contribution in [0.5, 0.6) is 0 Å². The van der Waals surface area contributed by atoms with E-state index in [4.69, 9.17) is 9.15 Å². The number of hydrogen-bond donors (Lipinski definition) is 0. The van der Waals surface area contributed by atoms with E-state index in [1.165, 1.54) is 22.0 Å². The molecule has 3 heterocycles. The molecule has 0 unspecified atom stereocenters. The predicted molar refractivity (Wildman–Crippen MR) is 114 cm³/mol. The summed E-state index contributed by atoms with van der Waals surface area (Å²) in [6.07, 6.45) is 0.780. The van der Waals surface area contributed by atoms with Crippen molar-refractivity contribution in [2.24, 2.45) is 0 Å². The number of carbonyl (C=O) groups is 1. The molecule has 10 heteroatoms. The van der Waals surface area contributed by atoms with Gasteiger partial charge in [0.2, 0.25) is 15.9 Å². The minimum atomic E-state index is -3.58. The average Bonchev–Trinajstić information content (AvgIpc) is 3.34. The second-order valence-corrected chi connectivity index (χ2v) is 9.64. The zero-order valence-corrected chi connectivity index (χ0v) is 18.1. The fourth-order valence-corrected chi connectivity index (χ4v) is 5.34. The van der Waals surface area contributed by atoms with Crippen LogP contribution >= 0.6 is 0 Å². The topological polar surface area (TPSA) is 106 Å². The summed E-state index contributed by atoms with van der Waals surface area (Å²) < 4.78 is 37.8. The van der Waals surface area contributed by atoms with E-state index >= 15 is 0 Å². The summed E-state index contributed by atoms with van der Waals surface area (Å²) in [4.78, 5) is 14.7. The van der Waals surface area contributed by atoms with Crippen molar-refractivity contribution in [2.45, 2.75) is 17.9 Å². The molecule has 1 aromatic heterocycles. The predicted octanol–water partition coefficient (Wildman–Crippen LogP) is 1.96. The number of morpholine rings is 1. The first-order valence-electron chi connectivity index (χ1n) is 10.4. The fraction of sp³-hybridized carbons (Fsp3) is 0.318. The molecule has 2 aromatic carbocycles. The number of ether oxygens (including phenoxy) is 1. The number of fused-ring (bicyclic) bond motifs is 1. The highest BCUT2D eigenvalue weighted by atomic mass is 32.2. The smallest absolute Gasteiger partial charge is 0.311 e. The number of rotatable bonds is 4. The van der Waals surface area contributed by atoms with Gasteiger partial charge >= 0.3 is 11.8 Å². The van der Waals surface area contributed by atoms with Crippen molar-refractivity contribution < 1.29 is 22.4 Å². The fourth-order valence-electron chi connectivity index (χ4n) is 3.94. The van der Waals surface area contributed by atoms with Crippen molar-refractivity contribution in [2.75, 3.05) is 32.8 Å². The van der Waals surface area contributed by atoms with E-state index in [0.717, 1.165) is 12.0 Å². The van der Waals surface area contributed by atoms with Gasteiger partial charge in [-0.05, 0) is 41.8 Å². The van der Waals surface area contributed by atoms with Crippen LogP contribution in [0.3, 0.4) is 0 Å². The molecule has 0 aliphatic carbocycles. The maximum absolute atomic E-state index is 12.8. The summed E-state index contributed by atoms with van der Waals surface area (Å²) in [6.45, 7) is 2.53. The van der Waals surface area contributed by atoms with E-state index in [0.29, 0.717) is 45.0 Å². The van der Waals surface area contributed by atoms with Crippen molar-refractivity contribution in [3.05, 3.63) is 65.5 Å². The summed E-state index contributed by atoms with van der Waals surface area (Å²) >= 11 is 0. The Morgan fingerprint density at radius 1 is 0.906 bits per heavy atom. The van der Waals surface area contributed by atoms with Gasteiger partial charge in [-0.1, -0.05) is 24.3 Å². The standard InChI is InChI=1S/C22H22N4O5S/c27-22(25-10-9-16-3-1-2-4-18(16)15-25)21-24-23-20(31-21)17-5-7-19(8-6-17)32(28,29)26-11-13-30-14-12-26/h1-8H,9-15H2. The molecule has 3 aromatic rings. The SMILES string of the molecule is O=C(c1nnc(-c2ccc(S(=O)(=O)N3CCOCC3)cc2)o1)N1CCc2ccccc2C1. The third-order valence-electron chi connectivity index (χ3n) is 5.73. The first kappa shape index (κ1) is 20.8. The maximum atomic E-state index is 12.8. The van der Waals surface area contributed by atoms with Gasteiger partial charge in [0, 0.05) is 31.7 Å². The Hall–Kier alpha value is -3.08. The van der Waals surface area contributed by atoms with Crippen LogP contribution in [0.15, 0.2) is 57.8 Å². The second kappa shape index (κ2) is 8.45. The highest BCUT2D eigenvalue weighted by molar-refractivity contribution is 7.89. The quantitative estimate of drug-likeness (QED) is 0.593. The van der Waals surface area contributed by atoms with Crippen molar-refractivity contribution in [3.8, 4) is 11.5 Å². The number of sulfonamides is 1. The lowest BCUT2D eigenvalue weighted by Gasteiger charge is -2.27. The minimum absolute atomic E-state index is 0.0793. The molecule has 166 valence electrons. The first-order chi connectivity index (χ1) is 15.5. The number of hydrogen-bond acceptors (Lipinski definition) is 7. The van der Waals surface area contributed by atoms with E-state index in [9.17, 15) is 13.2 Å². The average molecular weight is 455 g/mol. The number of aromatic nitrogens is 2. The van der Waals surface area contributed by atoms with Crippen molar-refractivity contribution in [1.82, 2.24) is 19.4 Å². The summed E-state index contributed by atoms with van der Waals surface area (Å²) in [6, 6.07) is 14.3. The van der Waals surface area contributed by atoms with Gasteiger partial charge in [-0.25, -0.2) is 8.42 Å². The molecule has 32 heavy (non-hydrogen) atoms. The van der Waals surface area contributed by atoms with Crippen LogP contribution in [0.25, 0.3) is 11.5 Å². The lowest BCUT2D eigenvalue weighted by atomic mass is 10.00. The highest BCUT2D eigenvalue weighted by Gasteiger charge is 2.28. The van der Waals surface area contributed by atoms with Crippen LogP contribution in [0.2, 0.25) is 0 Å². The van der Waals surface area contributed by atoms with Crippen LogP contribution in [0.1, 0.15) is 21.8 Å². The molecule has 0 atom stereocenters. The Morgan fingerprint density at radius 3 is 2.38 bits per heavy atom. The molecule has 1 saturated heterocycles. The number of benzene rings is 2. The van der Waals surface area contributed by atoms with Crippen molar-refractivity contribution in [1.29, 1.82) is 0 Å².